The van der Waals surface area contributed by atoms with Crippen LogP contribution < -0.4 is 14.8 Å². The van der Waals surface area contributed by atoms with E-state index in [1.807, 2.05) is 32.0 Å². The van der Waals surface area contributed by atoms with E-state index in [0.29, 0.717) is 30.9 Å². The Kier molecular flexibility index (Phi) is 7.47. The van der Waals surface area contributed by atoms with Gasteiger partial charge < -0.3 is 10.1 Å². The molecule has 2 fully saturated rings. The predicted octanol–water partition coefficient (Wildman–Crippen LogP) is 5.41. The molecule has 0 spiro atoms. The Morgan fingerprint density at radius 2 is 1.76 bits per heavy atom. The molecule has 1 aromatic heterocycles. The van der Waals surface area contributed by atoms with Gasteiger partial charge in [0, 0.05) is 30.4 Å². The number of piperidine rings is 1. The van der Waals surface area contributed by atoms with Crippen LogP contribution in [0, 0.1) is 31.1 Å². The first-order valence-corrected chi connectivity index (χ1v) is 16.2. The molecule has 3 aromatic rings. The highest BCUT2D eigenvalue weighted by Crippen LogP contribution is 2.47. The van der Waals surface area contributed by atoms with E-state index in [2.05, 4.69) is 38.8 Å². The van der Waals surface area contributed by atoms with Crippen molar-refractivity contribution in [1.29, 1.82) is 0 Å². The highest BCUT2D eigenvalue weighted by Gasteiger charge is 2.39. The quantitative estimate of drug-likeness (QED) is 0.409. The number of ether oxygens (including phenoxy) is 1. The zero-order valence-electron chi connectivity index (χ0n) is 24.7. The number of hydrogen-bond donors (Lipinski definition) is 2. The topological polar surface area (TPSA) is 114 Å². The molecule has 10 heteroatoms. The smallest absolute Gasteiger partial charge is 0.264 e. The molecule has 1 aliphatic carbocycles. The second-order valence-electron chi connectivity index (χ2n) is 12.7. The number of anilines is 2. The van der Waals surface area contributed by atoms with E-state index in [1.54, 1.807) is 18.2 Å². The summed E-state index contributed by atoms with van der Waals surface area (Å²) in [5.74, 6) is 0.516. The lowest BCUT2D eigenvalue weighted by Crippen LogP contribution is -2.49. The molecular formula is C32H39N5O4S. The number of amides is 1. The predicted molar refractivity (Wildman–Crippen MR) is 163 cm³/mol. The molecule has 2 atom stereocenters. The van der Waals surface area contributed by atoms with Gasteiger partial charge in [0.25, 0.3) is 10.0 Å². The van der Waals surface area contributed by atoms with Crippen molar-refractivity contribution < 1.29 is 17.9 Å². The van der Waals surface area contributed by atoms with Gasteiger partial charge in [-0.25, -0.2) is 18.1 Å². The van der Waals surface area contributed by atoms with Crippen LogP contribution >= 0.6 is 0 Å². The molecule has 3 aliphatic rings. The average Bonchev–Trinajstić information content (AvgIpc) is 3.78. The number of sulfonamides is 1. The first-order valence-electron chi connectivity index (χ1n) is 14.8. The SMILES string of the molecule is Cc1cccc(C)c1-c1cc2nc(n1)NS(=O)(=O)c1cccc(c1)NC(=O)[C@@H]1C[C@@H](CN(CCC(C)(C)C3CC3)C1)O2. The van der Waals surface area contributed by atoms with Gasteiger partial charge in [-0.1, -0.05) is 38.1 Å². The minimum Gasteiger partial charge on any atom is -0.473 e. The van der Waals surface area contributed by atoms with E-state index in [-0.39, 0.29) is 40.1 Å². The third-order valence-corrected chi connectivity index (χ3v) is 10.3. The van der Waals surface area contributed by atoms with Gasteiger partial charge in [-0.15, -0.1) is 0 Å². The van der Waals surface area contributed by atoms with Gasteiger partial charge in [0.15, 0.2) is 0 Å². The van der Waals surface area contributed by atoms with E-state index in [0.717, 1.165) is 35.6 Å². The van der Waals surface area contributed by atoms with Crippen molar-refractivity contribution in [2.45, 2.75) is 64.4 Å². The van der Waals surface area contributed by atoms with E-state index in [9.17, 15) is 13.2 Å². The second-order valence-corrected chi connectivity index (χ2v) is 14.4. The number of hydrogen-bond acceptors (Lipinski definition) is 7. The van der Waals surface area contributed by atoms with Crippen molar-refractivity contribution in [2.75, 3.05) is 29.7 Å². The number of nitrogens with zero attached hydrogens (tertiary/aromatic N) is 3. The summed E-state index contributed by atoms with van der Waals surface area (Å²) in [6.45, 7) is 10.8. The molecule has 2 aliphatic heterocycles. The number of carbonyl (C=O) groups is 1. The van der Waals surface area contributed by atoms with Crippen LogP contribution in [0.1, 0.15) is 50.7 Å². The summed E-state index contributed by atoms with van der Waals surface area (Å²) in [6.07, 6.45) is 3.86. The van der Waals surface area contributed by atoms with Crippen molar-refractivity contribution in [3.8, 4) is 17.1 Å². The Bertz CT molecular complexity index is 1600. The number of fused-ring (bicyclic) bond motifs is 6. The Morgan fingerprint density at radius 1 is 1.02 bits per heavy atom. The van der Waals surface area contributed by atoms with Crippen LogP contribution in [0.3, 0.4) is 0 Å². The fraction of sp³-hybridized carbons (Fsp3) is 0.469. The van der Waals surface area contributed by atoms with Gasteiger partial charge in [-0.3, -0.25) is 9.69 Å². The monoisotopic (exact) mass is 589 g/mol. The molecule has 2 N–H and O–H groups in total. The number of likely N-dealkylation sites (tertiary alicyclic amines) is 1. The number of carbonyl (C=O) groups excluding carboxylic acids is 1. The lowest BCUT2D eigenvalue weighted by molar-refractivity contribution is -0.123. The molecule has 6 rings (SSSR count). The zero-order valence-corrected chi connectivity index (χ0v) is 25.5. The first-order chi connectivity index (χ1) is 20.0. The number of nitrogens with one attached hydrogen (secondary N) is 2. The highest BCUT2D eigenvalue weighted by atomic mass is 32.2. The minimum absolute atomic E-state index is 0.00589. The summed E-state index contributed by atoms with van der Waals surface area (Å²) in [4.78, 5) is 25.0. The molecule has 1 amide bonds. The molecule has 0 radical (unpaired) electrons. The lowest BCUT2D eigenvalue weighted by atomic mass is 9.83. The third-order valence-electron chi connectivity index (χ3n) is 8.98. The van der Waals surface area contributed by atoms with E-state index >= 15 is 0 Å². The Balaban J connectivity index is 1.40. The fourth-order valence-electron chi connectivity index (χ4n) is 6.33. The fourth-order valence-corrected chi connectivity index (χ4v) is 7.32. The van der Waals surface area contributed by atoms with Crippen LogP contribution in [-0.2, 0) is 14.8 Å². The normalized spacial score (nSPS) is 22.3. The Hall–Kier alpha value is -3.50. The molecule has 42 heavy (non-hydrogen) atoms. The van der Waals surface area contributed by atoms with Crippen molar-refractivity contribution in [3.05, 3.63) is 59.7 Å². The Labute approximate surface area is 248 Å². The molecule has 1 saturated carbocycles. The summed E-state index contributed by atoms with van der Waals surface area (Å²) < 4.78 is 35.8. The largest absolute Gasteiger partial charge is 0.473 e. The molecular weight excluding hydrogens is 550 g/mol. The summed E-state index contributed by atoms with van der Waals surface area (Å²) in [6, 6.07) is 14.0. The van der Waals surface area contributed by atoms with E-state index < -0.39 is 10.0 Å². The lowest BCUT2D eigenvalue weighted by Gasteiger charge is -2.38. The van der Waals surface area contributed by atoms with Gasteiger partial charge in [0.05, 0.1) is 16.5 Å². The zero-order chi connectivity index (χ0) is 29.6. The van der Waals surface area contributed by atoms with Gasteiger partial charge in [-0.05, 0) is 86.7 Å². The van der Waals surface area contributed by atoms with E-state index in [4.69, 9.17) is 4.74 Å². The molecule has 0 unspecified atom stereocenters. The maximum atomic E-state index is 13.5. The summed E-state index contributed by atoms with van der Waals surface area (Å²) >= 11 is 0. The standard InChI is InChI=1S/C32H39N5O4S/c1-20-7-5-8-21(2)29(20)27-17-28-35-31(34-27)36-42(39,40)26-10-6-9-24(16-26)33-30(38)22-15-25(41-28)19-37(18-22)14-13-32(3,4)23-11-12-23/h5-10,16-17,22-23,25H,11-15,18-19H2,1-4H3,(H,33,38)(H,34,35,36)/t22-,25+/m1/s1. The molecule has 9 nitrogen and oxygen atoms in total. The number of rotatable bonds is 5. The summed E-state index contributed by atoms with van der Waals surface area (Å²) in [7, 11) is -4.05. The maximum Gasteiger partial charge on any atom is 0.264 e. The Morgan fingerprint density at radius 3 is 2.50 bits per heavy atom. The van der Waals surface area contributed by atoms with Crippen molar-refractivity contribution >= 4 is 27.6 Å². The van der Waals surface area contributed by atoms with Gasteiger partial charge in [0.1, 0.15) is 6.10 Å². The van der Waals surface area contributed by atoms with Gasteiger partial charge in [-0.2, -0.15) is 4.98 Å². The van der Waals surface area contributed by atoms with Gasteiger partial charge in [0.2, 0.25) is 17.7 Å². The van der Waals surface area contributed by atoms with Crippen molar-refractivity contribution in [3.63, 3.8) is 0 Å². The first kappa shape index (κ1) is 28.6. The second kappa shape index (κ2) is 11.0. The van der Waals surface area contributed by atoms with Crippen LogP contribution in [0.15, 0.2) is 53.4 Å². The maximum absolute atomic E-state index is 13.5. The van der Waals surface area contributed by atoms with Crippen LogP contribution in [0.5, 0.6) is 5.88 Å². The molecule has 222 valence electrons. The van der Waals surface area contributed by atoms with E-state index in [1.165, 1.54) is 25.0 Å². The molecule has 3 heterocycles. The van der Waals surface area contributed by atoms with Crippen molar-refractivity contribution in [1.82, 2.24) is 14.9 Å². The minimum atomic E-state index is -4.05. The number of benzene rings is 2. The van der Waals surface area contributed by atoms with Crippen LogP contribution in [0.4, 0.5) is 11.6 Å². The van der Waals surface area contributed by atoms with Crippen LogP contribution in [0.25, 0.3) is 11.3 Å². The van der Waals surface area contributed by atoms with Crippen LogP contribution in [-0.4, -0.2) is 54.9 Å². The van der Waals surface area contributed by atoms with Crippen molar-refractivity contribution in [2.24, 2.45) is 17.3 Å². The molecule has 2 aromatic carbocycles. The highest BCUT2D eigenvalue weighted by molar-refractivity contribution is 7.92. The van der Waals surface area contributed by atoms with Gasteiger partial charge >= 0.3 is 0 Å². The van der Waals surface area contributed by atoms with Crippen LogP contribution in [0.2, 0.25) is 0 Å². The summed E-state index contributed by atoms with van der Waals surface area (Å²) in [5, 5.41) is 2.96. The third kappa shape index (κ3) is 6.15. The average molecular weight is 590 g/mol. The molecule has 1 saturated heterocycles. The number of aromatic nitrogens is 2. The molecule has 6 bridgehead atoms. The number of aryl methyl sites for hydroxylation is 2. The summed E-state index contributed by atoms with van der Waals surface area (Å²) in [5.41, 5.74) is 4.18.